The Labute approximate surface area is 124 Å². The van der Waals surface area contributed by atoms with E-state index in [2.05, 4.69) is 4.72 Å². The molecule has 9 heteroatoms. The lowest BCUT2D eigenvalue weighted by molar-refractivity contribution is -0.119. The fourth-order valence-corrected chi connectivity index (χ4v) is 4.73. The van der Waals surface area contributed by atoms with E-state index >= 15 is 0 Å². The van der Waals surface area contributed by atoms with E-state index in [1.807, 2.05) is 0 Å². The van der Waals surface area contributed by atoms with Crippen LogP contribution in [-0.4, -0.2) is 31.4 Å². The van der Waals surface area contributed by atoms with E-state index in [0.717, 1.165) is 11.3 Å². The highest BCUT2D eigenvalue weighted by Gasteiger charge is 2.30. The molecule has 4 N–H and O–H groups in total. The lowest BCUT2D eigenvalue weighted by atomic mass is 10.2. The van der Waals surface area contributed by atoms with E-state index in [-0.39, 0.29) is 9.77 Å². The molecule has 0 saturated heterocycles. The summed E-state index contributed by atoms with van der Waals surface area (Å²) in [6, 6.07) is 5.29. The lowest BCUT2D eigenvalue weighted by Crippen LogP contribution is -2.42. The Morgan fingerprint density at radius 3 is 2.52 bits per heavy atom. The molecule has 0 radical (unpaired) electrons. The summed E-state index contributed by atoms with van der Waals surface area (Å²) in [5, 5.41) is 9.50. The van der Waals surface area contributed by atoms with Crippen molar-refractivity contribution >= 4 is 43.3 Å². The van der Waals surface area contributed by atoms with Crippen LogP contribution in [0.1, 0.15) is 16.6 Å². The van der Waals surface area contributed by atoms with Crippen LogP contribution in [-0.2, 0) is 14.8 Å². The number of carboxylic acids is 1. The van der Waals surface area contributed by atoms with Crippen LogP contribution in [0.15, 0.2) is 29.2 Å². The molecule has 0 aliphatic heterocycles. The average molecular weight is 328 g/mol. The summed E-state index contributed by atoms with van der Waals surface area (Å²) in [6.07, 6.45) is 0. The van der Waals surface area contributed by atoms with Gasteiger partial charge in [-0.25, -0.2) is 13.2 Å². The minimum absolute atomic E-state index is 0.295. The van der Waals surface area contributed by atoms with Gasteiger partial charge in [0.25, 0.3) is 0 Å². The fraction of sp³-hybridized carbons (Fsp3) is 0.167. The van der Waals surface area contributed by atoms with E-state index < -0.39 is 27.9 Å². The Balaban J connectivity index is 2.66. The number of amides is 1. The number of aromatic carboxylic acids is 1. The van der Waals surface area contributed by atoms with Gasteiger partial charge >= 0.3 is 5.97 Å². The van der Waals surface area contributed by atoms with Gasteiger partial charge in [0.2, 0.25) is 15.9 Å². The zero-order valence-corrected chi connectivity index (χ0v) is 12.5. The standard InChI is InChI=1S/C12H12N2O5S2/c1-6(11(13)15)14-21(18,19)10-7-4-2-3-5-8(7)20-9(10)12(16)17/h2-6,14H,1H3,(H2,13,15)(H,16,17). The first-order valence-electron chi connectivity index (χ1n) is 5.80. The maximum atomic E-state index is 12.4. The molecule has 1 aromatic heterocycles. The SMILES string of the molecule is CC(NS(=O)(=O)c1c(C(=O)O)sc2ccccc12)C(N)=O. The van der Waals surface area contributed by atoms with Crippen LogP contribution in [0.4, 0.5) is 0 Å². The van der Waals surface area contributed by atoms with Crippen molar-refractivity contribution in [1.29, 1.82) is 0 Å². The highest BCUT2D eigenvalue weighted by atomic mass is 32.2. The molecule has 1 amide bonds. The van der Waals surface area contributed by atoms with Crippen molar-refractivity contribution in [2.24, 2.45) is 5.73 Å². The number of carbonyl (C=O) groups is 2. The molecule has 2 rings (SSSR count). The van der Waals surface area contributed by atoms with Crippen LogP contribution in [0, 0.1) is 0 Å². The Bertz CT molecular complexity index is 825. The second-order valence-electron chi connectivity index (χ2n) is 4.31. The zero-order valence-electron chi connectivity index (χ0n) is 10.9. The number of hydrogen-bond donors (Lipinski definition) is 3. The molecule has 1 atom stereocenters. The molecule has 0 aliphatic carbocycles. The summed E-state index contributed by atoms with van der Waals surface area (Å²) in [5.74, 6) is -2.20. The summed E-state index contributed by atoms with van der Waals surface area (Å²) in [4.78, 5) is 21.6. The Kier molecular flexibility index (Phi) is 3.99. The molecule has 1 heterocycles. The molecule has 1 aromatic carbocycles. The van der Waals surface area contributed by atoms with Gasteiger partial charge in [-0.2, -0.15) is 4.72 Å². The Hall–Kier alpha value is -1.97. The van der Waals surface area contributed by atoms with Crippen LogP contribution in [0.25, 0.3) is 10.1 Å². The van der Waals surface area contributed by atoms with Gasteiger partial charge in [-0.1, -0.05) is 18.2 Å². The number of nitrogens with two attached hydrogens (primary N) is 1. The quantitative estimate of drug-likeness (QED) is 0.746. The molecular weight excluding hydrogens is 316 g/mol. The van der Waals surface area contributed by atoms with Gasteiger partial charge in [0.15, 0.2) is 0 Å². The van der Waals surface area contributed by atoms with Gasteiger partial charge in [-0.3, -0.25) is 4.79 Å². The summed E-state index contributed by atoms with van der Waals surface area (Å²) in [6.45, 7) is 1.29. The van der Waals surface area contributed by atoms with E-state index in [0.29, 0.717) is 10.1 Å². The van der Waals surface area contributed by atoms with Gasteiger partial charge in [0.1, 0.15) is 9.77 Å². The first kappa shape index (κ1) is 15.4. The summed E-state index contributed by atoms with van der Waals surface area (Å²) >= 11 is 0.859. The largest absolute Gasteiger partial charge is 0.477 e. The number of carbonyl (C=O) groups excluding carboxylic acids is 1. The second kappa shape index (κ2) is 5.43. The maximum absolute atomic E-state index is 12.4. The monoisotopic (exact) mass is 328 g/mol. The lowest BCUT2D eigenvalue weighted by Gasteiger charge is -2.11. The number of sulfonamides is 1. The van der Waals surface area contributed by atoms with Crippen LogP contribution in [0.5, 0.6) is 0 Å². The third kappa shape index (κ3) is 2.89. The molecule has 1 unspecified atom stereocenters. The van der Waals surface area contributed by atoms with Crippen molar-refractivity contribution < 1.29 is 23.1 Å². The van der Waals surface area contributed by atoms with Crippen molar-refractivity contribution in [3.8, 4) is 0 Å². The average Bonchev–Trinajstić information content (AvgIpc) is 2.78. The van der Waals surface area contributed by atoms with Crippen molar-refractivity contribution in [2.45, 2.75) is 17.9 Å². The minimum Gasteiger partial charge on any atom is -0.477 e. The van der Waals surface area contributed by atoms with Crippen molar-refractivity contribution in [3.05, 3.63) is 29.1 Å². The van der Waals surface area contributed by atoms with Gasteiger partial charge < -0.3 is 10.8 Å². The van der Waals surface area contributed by atoms with Gasteiger partial charge in [-0.05, 0) is 13.0 Å². The molecule has 0 bridgehead atoms. The molecule has 0 aliphatic rings. The highest BCUT2D eigenvalue weighted by molar-refractivity contribution is 7.90. The number of thiophene rings is 1. The Morgan fingerprint density at radius 1 is 1.33 bits per heavy atom. The predicted molar refractivity (Wildman–Crippen MR) is 77.8 cm³/mol. The third-order valence-corrected chi connectivity index (χ3v) is 5.68. The molecule has 7 nitrogen and oxygen atoms in total. The number of hydrogen-bond acceptors (Lipinski definition) is 5. The van der Waals surface area contributed by atoms with Gasteiger partial charge in [-0.15, -0.1) is 11.3 Å². The molecule has 21 heavy (non-hydrogen) atoms. The number of benzene rings is 1. The topological polar surface area (TPSA) is 127 Å². The van der Waals surface area contributed by atoms with E-state index in [9.17, 15) is 23.1 Å². The zero-order chi connectivity index (χ0) is 15.8. The van der Waals surface area contributed by atoms with Crippen LogP contribution < -0.4 is 10.5 Å². The van der Waals surface area contributed by atoms with Crippen LogP contribution >= 0.6 is 11.3 Å². The first-order valence-corrected chi connectivity index (χ1v) is 8.10. The van der Waals surface area contributed by atoms with Gasteiger partial charge in [0, 0.05) is 10.1 Å². The van der Waals surface area contributed by atoms with Crippen LogP contribution in [0.2, 0.25) is 0 Å². The Morgan fingerprint density at radius 2 is 1.95 bits per heavy atom. The third-order valence-electron chi connectivity index (χ3n) is 2.77. The minimum atomic E-state index is -4.18. The number of primary amides is 1. The molecule has 2 aromatic rings. The summed E-state index contributed by atoms with van der Waals surface area (Å²) in [5.41, 5.74) is 5.03. The predicted octanol–water partition coefficient (Wildman–Crippen LogP) is 0.752. The smallest absolute Gasteiger partial charge is 0.347 e. The first-order chi connectivity index (χ1) is 9.74. The fourth-order valence-electron chi connectivity index (χ4n) is 1.78. The van der Waals surface area contributed by atoms with Gasteiger partial charge in [0.05, 0.1) is 6.04 Å². The molecule has 0 spiro atoms. The maximum Gasteiger partial charge on any atom is 0.347 e. The molecular formula is C12H12N2O5S2. The van der Waals surface area contributed by atoms with Crippen molar-refractivity contribution in [3.63, 3.8) is 0 Å². The van der Waals surface area contributed by atoms with Crippen LogP contribution in [0.3, 0.4) is 0 Å². The normalized spacial score (nSPS) is 13.2. The summed E-state index contributed by atoms with van der Waals surface area (Å²) < 4.78 is 27.4. The molecule has 0 fully saturated rings. The highest BCUT2D eigenvalue weighted by Crippen LogP contribution is 2.34. The van der Waals surface area contributed by atoms with E-state index in [1.54, 1.807) is 18.2 Å². The van der Waals surface area contributed by atoms with E-state index in [4.69, 9.17) is 5.73 Å². The second-order valence-corrected chi connectivity index (χ2v) is 7.01. The number of carboxylic acid groups (broad SMARTS) is 1. The number of nitrogens with one attached hydrogen (secondary N) is 1. The molecule has 112 valence electrons. The number of rotatable bonds is 5. The van der Waals surface area contributed by atoms with Crippen molar-refractivity contribution in [1.82, 2.24) is 4.72 Å². The molecule has 0 saturated carbocycles. The van der Waals surface area contributed by atoms with E-state index in [1.165, 1.54) is 13.0 Å². The number of fused-ring (bicyclic) bond motifs is 1. The summed E-state index contributed by atoms with van der Waals surface area (Å²) in [7, 11) is -4.18. The van der Waals surface area contributed by atoms with Crippen molar-refractivity contribution in [2.75, 3.05) is 0 Å².